The third-order valence-corrected chi connectivity index (χ3v) is 2.98. The third kappa shape index (κ3) is 2.65. The smallest absolute Gasteiger partial charge is 0.350 e. The highest BCUT2D eigenvalue weighted by Crippen LogP contribution is 2.16. The summed E-state index contributed by atoms with van der Waals surface area (Å²) in [6.45, 7) is 1.62. The van der Waals surface area contributed by atoms with Crippen molar-refractivity contribution in [3.63, 3.8) is 0 Å². The van der Waals surface area contributed by atoms with Crippen LogP contribution in [0.1, 0.15) is 12.8 Å². The van der Waals surface area contributed by atoms with E-state index in [0.717, 1.165) is 19.0 Å². The summed E-state index contributed by atoms with van der Waals surface area (Å²) in [4.78, 5) is 34.5. The molecule has 0 amide bonds. The van der Waals surface area contributed by atoms with E-state index >= 15 is 0 Å². The molecule has 8 nitrogen and oxygen atoms in total. The van der Waals surface area contributed by atoms with E-state index in [1.54, 1.807) is 0 Å². The average molecular weight is 255 g/mol. The third-order valence-electron chi connectivity index (χ3n) is 2.98. The molecule has 1 aliphatic rings. The van der Waals surface area contributed by atoms with Crippen molar-refractivity contribution in [3.05, 3.63) is 37.1 Å². The fraction of sp³-hybridized carbons (Fsp3) is 0.600. The normalized spacial score (nSPS) is 16.7. The number of nitro groups is 1. The topological polar surface area (TPSA) is 107 Å². The molecule has 0 unspecified atom stereocenters. The molecule has 0 bridgehead atoms. The molecule has 0 radical (unpaired) electrons. The van der Waals surface area contributed by atoms with Gasteiger partial charge in [0.25, 0.3) is 0 Å². The van der Waals surface area contributed by atoms with Gasteiger partial charge in [-0.2, -0.15) is 0 Å². The summed E-state index contributed by atoms with van der Waals surface area (Å²) >= 11 is 0. The predicted molar refractivity (Wildman–Crippen MR) is 61.5 cm³/mol. The van der Waals surface area contributed by atoms with Gasteiger partial charge >= 0.3 is 16.9 Å². The van der Waals surface area contributed by atoms with Gasteiger partial charge in [-0.1, -0.05) is 0 Å². The highest BCUT2D eigenvalue weighted by molar-refractivity contribution is 5.20. The summed E-state index contributed by atoms with van der Waals surface area (Å²) in [6.07, 6.45) is 2.62. The molecule has 0 aliphatic carbocycles. The SMILES string of the molecule is O=c1[nH]c(=O)n(CC2CCOCC2)cc1[N+](=O)[O-]. The van der Waals surface area contributed by atoms with E-state index in [1.807, 2.05) is 4.98 Å². The lowest BCUT2D eigenvalue weighted by Crippen LogP contribution is -2.33. The van der Waals surface area contributed by atoms with Crippen molar-refractivity contribution in [2.75, 3.05) is 13.2 Å². The maximum Gasteiger partial charge on any atom is 0.350 e. The van der Waals surface area contributed by atoms with Gasteiger partial charge in [-0.25, -0.2) is 4.79 Å². The lowest BCUT2D eigenvalue weighted by molar-refractivity contribution is -0.386. The zero-order chi connectivity index (χ0) is 13.1. The first kappa shape index (κ1) is 12.5. The summed E-state index contributed by atoms with van der Waals surface area (Å²) in [5, 5.41) is 10.6. The van der Waals surface area contributed by atoms with E-state index in [1.165, 1.54) is 4.57 Å². The van der Waals surface area contributed by atoms with E-state index in [2.05, 4.69) is 0 Å². The van der Waals surface area contributed by atoms with Crippen LogP contribution in [0.2, 0.25) is 0 Å². The molecule has 2 heterocycles. The number of rotatable bonds is 3. The molecule has 1 N–H and O–H groups in total. The summed E-state index contributed by atoms with van der Waals surface area (Å²) in [6, 6.07) is 0. The van der Waals surface area contributed by atoms with Gasteiger partial charge in [0.2, 0.25) is 0 Å². The highest BCUT2D eigenvalue weighted by atomic mass is 16.6. The van der Waals surface area contributed by atoms with Crippen LogP contribution in [0.5, 0.6) is 0 Å². The van der Waals surface area contributed by atoms with Crippen LogP contribution in [0.3, 0.4) is 0 Å². The number of aromatic amines is 1. The van der Waals surface area contributed by atoms with Gasteiger partial charge in [0.15, 0.2) is 0 Å². The van der Waals surface area contributed by atoms with Crippen LogP contribution in [-0.2, 0) is 11.3 Å². The van der Waals surface area contributed by atoms with E-state index in [4.69, 9.17) is 4.74 Å². The first-order valence-corrected chi connectivity index (χ1v) is 5.64. The summed E-state index contributed by atoms with van der Waals surface area (Å²) in [5.74, 6) is 0.238. The van der Waals surface area contributed by atoms with E-state index in [9.17, 15) is 19.7 Å². The minimum atomic E-state index is -0.965. The van der Waals surface area contributed by atoms with Crippen molar-refractivity contribution in [1.29, 1.82) is 0 Å². The van der Waals surface area contributed by atoms with E-state index in [0.29, 0.717) is 19.8 Å². The van der Waals surface area contributed by atoms with Crippen molar-refractivity contribution >= 4 is 5.69 Å². The molecule has 1 aromatic heterocycles. The summed E-state index contributed by atoms with van der Waals surface area (Å²) in [5.41, 5.74) is -2.19. The van der Waals surface area contributed by atoms with Crippen molar-refractivity contribution in [1.82, 2.24) is 9.55 Å². The van der Waals surface area contributed by atoms with Crippen molar-refractivity contribution in [2.45, 2.75) is 19.4 Å². The molecule has 0 atom stereocenters. The number of aromatic nitrogens is 2. The van der Waals surface area contributed by atoms with Gasteiger partial charge in [0.05, 0.1) is 11.1 Å². The average Bonchev–Trinajstić information content (AvgIpc) is 2.33. The number of ether oxygens (including phenoxy) is 1. The summed E-state index contributed by atoms with van der Waals surface area (Å²) in [7, 11) is 0. The van der Waals surface area contributed by atoms with Crippen molar-refractivity contribution < 1.29 is 9.66 Å². The molecule has 2 rings (SSSR count). The second-order valence-electron chi connectivity index (χ2n) is 4.24. The first-order chi connectivity index (χ1) is 8.58. The second kappa shape index (κ2) is 5.13. The highest BCUT2D eigenvalue weighted by Gasteiger charge is 2.19. The molecule has 1 fully saturated rings. The monoisotopic (exact) mass is 255 g/mol. The number of hydrogen-bond acceptors (Lipinski definition) is 5. The van der Waals surface area contributed by atoms with Gasteiger partial charge in [-0.3, -0.25) is 24.5 Å². The second-order valence-corrected chi connectivity index (χ2v) is 4.24. The Morgan fingerprint density at radius 2 is 2.11 bits per heavy atom. The number of H-pyrrole nitrogens is 1. The molecule has 1 aliphatic heterocycles. The Balaban J connectivity index is 2.26. The molecule has 8 heteroatoms. The van der Waals surface area contributed by atoms with Crippen molar-refractivity contribution in [2.24, 2.45) is 5.92 Å². The fourth-order valence-corrected chi connectivity index (χ4v) is 1.97. The maximum absolute atomic E-state index is 11.5. The number of nitrogens with one attached hydrogen (secondary N) is 1. The molecule has 1 saturated heterocycles. The molecule has 0 spiro atoms. The predicted octanol–water partition coefficient (Wildman–Crippen LogP) is -0.129. The Morgan fingerprint density at radius 1 is 1.44 bits per heavy atom. The van der Waals surface area contributed by atoms with Crippen molar-refractivity contribution in [3.8, 4) is 0 Å². The van der Waals surface area contributed by atoms with Crippen LogP contribution in [-0.4, -0.2) is 27.7 Å². The lowest BCUT2D eigenvalue weighted by Gasteiger charge is -2.22. The molecule has 1 aromatic rings. The minimum absolute atomic E-state index is 0.238. The standard InChI is InChI=1S/C10H13N3O5/c14-9-8(13(16)17)6-12(10(15)11-9)5-7-1-3-18-4-2-7/h6-7H,1-5H2,(H,11,14,15). The van der Waals surface area contributed by atoms with Crippen LogP contribution in [0.4, 0.5) is 5.69 Å². The summed E-state index contributed by atoms with van der Waals surface area (Å²) < 4.78 is 6.39. The Kier molecular flexibility index (Phi) is 3.56. The Bertz CT molecular complexity index is 555. The largest absolute Gasteiger partial charge is 0.381 e. The molecule has 0 saturated carbocycles. The molecule has 98 valence electrons. The minimum Gasteiger partial charge on any atom is -0.381 e. The number of hydrogen-bond donors (Lipinski definition) is 1. The van der Waals surface area contributed by atoms with E-state index < -0.39 is 21.9 Å². The maximum atomic E-state index is 11.5. The molecule has 18 heavy (non-hydrogen) atoms. The van der Waals surface area contributed by atoms with Crippen LogP contribution in [0.25, 0.3) is 0 Å². The Hall–Kier alpha value is -1.96. The van der Waals surface area contributed by atoms with Gasteiger partial charge in [-0.05, 0) is 18.8 Å². The zero-order valence-electron chi connectivity index (χ0n) is 9.63. The first-order valence-electron chi connectivity index (χ1n) is 5.64. The molecular formula is C10H13N3O5. The molecular weight excluding hydrogens is 242 g/mol. The lowest BCUT2D eigenvalue weighted by atomic mass is 10.0. The Morgan fingerprint density at radius 3 is 2.72 bits per heavy atom. The zero-order valence-corrected chi connectivity index (χ0v) is 9.63. The van der Waals surface area contributed by atoms with Crippen LogP contribution >= 0.6 is 0 Å². The molecule has 0 aromatic carbocycles. The van der Waals surface area contributed by atoms with Gasteiger partial charge in [0.1, 0.15) is 0 Å². The number of nitrogens with zero attached hydrogens (tertiary/aromatic N) is 2. The van der Waals surface area contributed by atoms with Gasteiger partial charge < -0.3 is 4.74 Å². The quantitative estimate of drug-likeness (QED) is 0.598. The van der Waals surface area contributed by atoms with Crippen LogP contribution < -0.4 is 11.2 Å². The fourth-order valence-electron chi connectivity index (χ4n) is 1.97. The Labute approximate surface area is 101 Å². The van der Waals surface area contributed by atoms with Gasteiger partial charge in [-0.15, -0.1) is 0 Å². The van der Waals surface area contributed by atoms with E-state index in [-0.39, 0.29) is 5.92 Å². The van der Waals surface area contributed by atoms with Gasteiger partial charge in [0, 0.05) is 19.8 Å². The van der Waals surface area contributed by atoms with Crippen LogP contribution in [0, 0.1) is 16.0 Å². The van der Waals surface area contributed by atoms with Crippen LogP contribution in [0.15, 0.2) is 15.8 Å².